The predicted molar refractivity (Wildman–Crippen MR) is 288 cm³/mol. The molecule has 0 saturated carbocycles. The maximum absolute atomic E-state index is 15.0. The monoisotopic (exact) mass is 1100 g/mol. The second-order valence-corrected chi connectivity index (χ2v) is 21.3. The first-order valence-electron chi connectivity index (χ1n) is 27.5. The van der Waals surface area contributed by atoms with E-state index >= 15 is 4.79 Å². The van der Waals surface area contributed by atoms with E-state index in [4.69, 9.17) is 4.74 Å². The smallest absolute Gasteiger partial charge is 0.329 e. The van der Waals surface area contributed by atoms with Gasteiger partial charge in [0, 0.05) is 32.7 Å². The highest BCUT2D eigenvalue weighted by Crippen LogP contribution is 2.28. The molecule has 2 aromatic rings. The fourth-order valence-electron chi connectivity index (χ4n) is 10.1. The first-order valence-corrected chi connectivity index (χ1v) is 27.5. The molecule has 0 aromatic heterocycles. The van der Waals surface area contributed by atoms with Gasteiger partial charge in [-0.25, -0.2) is 4.79 Å². The molecule has 2 fully saturated rings. The van der Waals surface area contributed by atoms with Gasteiger partial charge in [-0.1, -0.05) is 114 Å². The van der Waals surface area contributed by atoms with E-state index in [9.17, 15) is 58.5 Å². The SMILES string of the molecule is CCCC(=O)N[C@@H](Cc1ccccc1)C(=O)N[C@@H](CCC(=O)O)C(=O)N[C@@H]1C(=O)N[C@@H](CC2C=CC(O)CC2)C(=O)N[C@H]2CC[C@@H](O)N(C2=O)[C@@H](C(C)C)C(=O)N(C)[C@@H](Cc2ccccc2)C(=O)N[C@@H]([C@@H](C)CC)C(=O)O[C@@H]1C. The van der Waals surface area contributed by atoms with E-state index in [1.807, 2.05) is 0 Å². The van der Waals surface area contributed by atoms with Crippen molar-refractivity contribution in [2.45, 2.75) is 185 Å². The van der Waals surface area contributed by atoms with Crippen molar-refractivity contribution in [3.63, 3.8) is 0 Å². The van der Waals surface area contributed by atoms with Crippen molar-refractivity contribution >= 4 is 59.2 Å². The van der Waals surface area contributed by atoms with Crippen molar-refractivity contribution < 1.29 is 68.0 Å². The Balaban J connectivity index is 1.61. The molecule has 2 unspecified atom stereocenters. The van der Waals surface area contributed by atoms with Crippen LogP contribution in [0.4, 0.5) is 0 Å². The van der Waals surface area contributed by atoms with Crippen LogP contribution in [0, 0.1) is 17.8 Å². The normalized spacial score (nSPS) is 26.7. The van der Waals surface area contributed by atoms with Gasteiger partial charge in [0.2, 0.25) is 47.3 Å². The third kappa shape index (κ3) is 17.6. The number of aliphatic carboxylic acids is 1. The lowest BCUT2D eigenvalue weighted by Gasteiger charge is -2.44. The first-order chi connectivity index (χ1) is 37.5. The summed E-state index contributed by atoms with van der Waals surface area (Å²) in [5, 5.41) is 47.6. The van der Waals surface area contributed by atoms with Gasteiger partial charge in [0.1, 0.15) is 60.7 Å². The highest BCUT2D eigenvalue weighted by atomic mass is 16.5. The van der Waals surface area contributed by atoms with Gasteiger partial charge >= 0.3 is 11.9 Å². The number of carbonyl (C=O) groups is 10. The maximum atomic E-state index is 15.0. The molecule has 2 saturated heterocycles. The third-order valence-electron chi connectivity index (χ3n) is 14.9. The van der Waals surface area contributed by atoms with Gasteiger partial charge in [-0.3, -0.25) is 43.2 Å². The summed E-state index contributed by atoms with van der Waals surface area (Å²) in [5.41, 5.74) is 1.30. The molecule has 3 aliphatic rings. The molecule has 9 N–H and O–H groups in total. The summed E-state index contributed by atoms with van der Waals surface area (Å²) >= 11 is 0. The zero-order chi connectivity index (χ0) is 58.1. The Kier molecular flexibility index (Phi) is 23.5. The molecule has 22 nitrogen and oxygen atoms in total. The van der Waals surface area contributed by atoms with Gasteiger partial charge < -0.3 is 61.8 Å². The number of allylic oxidation sites excluding steroid dienone is 1. The number of hydrogen-bond donors (Lipinski definition) is 9. The molecule has 432 valence electrons. The number of amides is 8. The zero-order valence-corrected chi connectivity index (χ0v) is 46.2. The van der Waals surface area contributed by atoms with E-state index in [-0.39, 0.29) is 38.5 Å². The maximum Gasteiger partial charge on any atom is 0.329 e. The van der Waals surface area contributed by atoms with Crippen LogP contribution in [0.15, 0.2) is 72.8 Å². The number of esters is 1. The highest BCUT2D eigenvalue weighted by Gasteiger charge is 2.47. The summed E-state index contributed by atoms with van der Waals surface area (Å²) in [6, 6.07) is 5.76. The minimum atomic E-state index is -1.90. The zero-order valence-electron chi connectivity index (χ0n) is 46.2. The minimum Gasteiger partial charge on any atom is -0.481 e. The quantitative estimate of drug-likeness (QED) is 0.0713. The Labute approximate surface area is 461 Å². The lowest BCUT2D eigenvalue weighted by molar-refractivity contribution is -0.167. The Morgan fingerprint density at radius 2 is 1.41 bits per heavy atom. The largest absolute Gasteiger partial charge is 0.481 e. The fourth-order valence-corrected chi connectivity index (χ4v) is 10.1. The molecule has 5 rings (SSSR count). The number of hydrogen-bond acceptors (Lipinski definition) is 13. The Morgan fingerprint density at radius 1 is 0.747 bits per heavy atom. The number of benzene rings is 2. The molecule has 1 aliphatic carbocycles. The van der Waals surface area contributed by atoms with Gasteiger partial charge in [0.25, 0.3) is 0 Å². The topological polar surface area (TPSA) is 319 Å². The van der Waals surface area contributed by atoms with E-state index in [1.165, 1.54) is 18.9 Å². The van der Waals surface area contributed by atoms with Crippen molar-refractivity contribution in [2.75, 3.05) is 7.05 Å². The van der Waals surface area contributed by atoms with Crippen LogP contribution >= 0.6 is 0 Å². The Morgan fingerprint density at radius 3 is 2.00 bits per heavy atom. The van der Waals surface area contributed by atoms with Crippen LogP contribution in [0.1, 0.15) is 117 Å². The molecule has 13 atom stereocenters. The summed E-state index contributed by atoms with van der Waals surface area (Å²) in [4.78, 5) is 145. The second kappa shape index (κ2) is 29.7. The number of nitrogens with one attached hydrogen (secondary N) is 6. The summed E-state index contributed by atoms with van der Waals surface area (Å²) in [6.45, 7) is 9.83. The van der Waals surface area contributed by atoms with Gasteiger partial charge in [-0.2, -0.15) is 0 Å². The average molecular weight is 1100 g/mol. The number of likely N-dealkylation sites (N-methyl/N-ethyl adjacent to an activating group) is 1. The average Bonchev–Trinajstić information content (AvgIpc) is 3.49. The standard InChI is InChI=1S/C57H80N8O14/c1-8-16-44(67)58-41(29-35-17-12-10-13-18-35)51(72)59-39(26-28-46(69)70)50(71)63-48-34(6)79-57(78)47(33(5)9-2)62-53(74)43(31-36-19-14-11-15-20-36)64(7)56(77)49(32(3)4)65-45(68)27-25-40(55(65)76)60-52(73)42(61-54(48)75)30-37-21-23-38(66)24-22-37/h10-15,17-21,23,32-34,37-43,45,47-49,66,68H,8-9,16,22,24-31H2,1-7H3,(H,58,67)(H,59,72)(H,60,73)(H,61,75)(H,62,74)(H,63,71)(H,69,70)/t33-,34+,37?,38?,39-,40-,41-,42-,43-,45+,47-,48-,49-/m0/s1. The second-order valence-electron chi connectivity index (χ2n) is 21.3. The molecular formula is C57H80N8O14. The molecule has 8 amide bonds. The van der Waals surface area contributed by atoms with Crippen molar-refractivity contribution in [3.8, 4) is 0 Å². The molecule has 22 heteroatoms. The predicted octanol–water partition coefficient (Wildman–Crippen LogP) is 1.55. The lowest BCUT2D eigenvalue weighted by Crippen LogP contribution is -2.66. The van der Waals surface area contributed by atoms with E-state index in [1.54, 1.807) is 107 Å². The summed E-state index contributed by atoms with van der Waals surface area (Å²) < 4.78 is 6.01. The van der Waals surface area contributed by atoms with Crippen molar-refractivity contribution in [3.05, 3.63) is 83.9 Å². The number of aliphatic hydroxyl groups excluding tert-OH is 2. The Hall–Kier alpha value is -7.20. The first kappa shape index (κ1) is 62.6. The van der Waals surface area contributed by atoms with Crippen molar-refractivity contribution in [2.24, 2.45) is 17.8 Å². The molecular weight excluding hydrogens is 1020 g/mol. The van der Waals surface area contributed by atoms with Crippen LogP contribution in [-0.4, -0.2) is 158 Å². The minimum absolute atomic E-state index is 0.0110. The molecule has 2 heterocycles. The van der Waals surface area contributed by atoms with E-state index < -0.39 is 157 Å². The number of fused-ring (bicyclic) bond motifs is 2. The molecule has 0 radical (unpaired) electrons. The lowest BCUT2D eigenvalue weighted by atomic mass is 9.88. The summed E-state index contributed by atoms with van der Waals surface area (Å²) in [5.74, 6) is -10.7. The van der Waals surface area contributed by atoms with Gasteiger partial charge in [0.05, 0.1) is 6.10 Å². The third-order valence-corrected chi connectivity index (χ3v) is 14.9. The van der Waals surface area contributed by atoms with E-state index in [2.05, 4.69) is 31.9 Å². The van der Waals surface area contributed by atoms with Crippen LogP contribution < -0.4 is 31.9 Å². The van der Waals surface area contributed by atoms with E-state index in [0.29, 0.717) is 36.8 Å². The number of cyclic esters (lactones) is 1. The molecule has 79 heavy (non-hydrogen) atoms. The number of rotatable bonds is 19. The van der Waals surface area contributed by atoms with Crippen LogP contribution in [0.3, 0.4) is 0 Å². The van der Waals surface area contributed by atoms with Gasteiger partial charge in [-0.05, 0) is 80.8 Å². The number of piperidine rings is 1. The highest BCUT2D eigenvalue weighted by molar-refractivity contribution is 5.99. The fraction of sp³-hybridized carbons (Fsp3) is 0.579. The van der Waals surface area contributed by atoms with E-state index in [0.717, 1.165) is 4.90 Å². The van der Waals surface area contributed by atoms with Crippen LogP contribution in [0.25, 0.3) is 0 Å². The number of carbonyl (C=O) groups excluding carboxylic acids is 9. The summed E-state index contributed by atoms with van der Waals surface area (Å²) in [7, 11) is 1.39. The van der Waals surface area contributed by atoms with Crippen molar-refractivity contribution in [1.82, 2.24) is 41.7 Å². The number of ether oxygens (including phenoxy) is 1. The van der Waals surface area contributed by atoms with Crippen molar-refractivity contribution in [1.29, 1.82) is 0 Å². The molecule has 2 bridgehead atoms. The number of aliphatic hydroxyl groups is 2. The van der Waals surface area contributed by atoms with Crippen LogP contribution in [0.5, 0.6) is 0 Å². The molecule has 2 aromatic carbocycles. The number of carboxylic acid groups (broad SMARTS) is 1. The number of nitrogens with zero attached hydrogens (tertiary/aromatic N) is 2. The number of carboxylic acids is 1. The Bertz CT molecular complexity index is 2500. The van der Waals surface area contributed by atoms with Crippen LogP contribution in [0.2, 0.25) is 0 Å². The van der Waals surface area contributed by atoms with Crippen LogP contribution in [-0.2, 0) is 65.5 Å². The molecule has 0 spiro atoms. The van der Waals surface area contributed by atoms with Gasteiger partial charge in [0.15, 0.2) is 0 Å². The summed E-state index contributed by atoms with van der Waals surface area (Å²) in [6.07, 6.45) is -0.579. The van der Waals surface area contributed by atoms with Gasteiger partial charge in [-0.15, -0.1) is 0 Å². The molecule has 2 aliphatic heterocycles.